The van der Waals surface area contributed by atoms with Gasteiger partial charge in [-0.25, -0.2) is 4.79 Å². The summed E-state index contributed by atoms with van der Waals surface area (Å²) in [4.78, 5) is 27.7. The Balaban J connectivity index is 1.55. The maximum Gasteiger partial charge on any atom is 0.325 e. The Bertz CT molecular complexity index is 652. The molecule has 26 heavy (non-hydrogen) atoms. The fourth-order valence-corrected chi connectivity index (χ4v) is 4.70. The van der Waals surface area contributed by atoms with Crippen LogP contribution >= 0.6 is 0 Å². The molecule has 2 aliphatic heterocycles. The van der Waals surface area contributed by atoms with Crippen LogP contribution in [0.1, 0.15) is 44.1 Å². The van der Waals surface area contributed by atoms with Crippen molar-refractivity contribution in [3.05, 3.63) is 35.9 Å². The van der Waals surface area contributed by atoms with E-state index in [4.69, 9.17) is 0 Å². The first-order chi connectivity index (χ1) is 12.7. The number of nitrogens with one attached hydrogen (secondary N) is 2. The van der Waals surface area contributed by atoms with Crippen molar-refractivity contribution < 1.29 is 9.59 Å². The van der Waals surface area contributed by atoms with Crippen LogP contribution in [-0.4, -0.2) is 42.0 Å². The molecule has 140 valence electrons. The van der Waals surface area contributed by atoms with Crippen molar-refractivity contribution in [3.8, 4) is 0 Å². The average molecular weight is 355 g/mol. The molecular weight excluding hydrogens is 326 g/mol. The number of piperidine rings is 1. The van der Waals surface area contributed by atoms with Gasteiger partial charge in [-0.3, -0.25) is 9.69 Å². The largest absolute Gasteiger partial charge is 0.325 e. The number of hydrogen-bond acceptors (Lipinski definition) is 3. The molecule has 3 fully saturated rings. The molecule has 2 N–H and O–H groups in total. The third-order valence-corrected chi connectivity index (χ3v) is 6.55. The topological polar surface area (TPSA) is 61.4 Å². The minimum Gasteiger partial charge on any atom is -0.323 e. The smallest absolute Gasteiger partial charge is 0.323 e. The number of carbonyl (C=O) groups is 2. The van der Waals surface area contributed by atoms with Crippen molar-refractivity contribution in [1.82, 2.24) is 15.5 Å². The molecule has 5 nitrogen and oxygen atoms in total. The Hall–Kier alpha value is -1.88. The summed E-state index contributed by atoms with van der Waals surface area (Å²) >= 11 is 0. The second kappa shape index (κ2) is 7.39. The Morgan fingerprint density at radius 1 is 1.04 bits per heavy atom. The molecule has 3 aliphatic rings. The molecule has 1 saturated carbocycles. The zero-order chi connectivity index (χ0) is 18.0. The lowest BCUT2D eigenvalue weighted by atomic mass is 9.74. The molecule has 0 spiro atoms. The van der Waals surface area contributed by atoms with Gasteiger partial charge in [-0.2, -0.15) is 0 Å². The summed E-state index contributed by atoms with van der Waals surface area (Å²) in [6.45, 7) is 2.44. The van der Waals surface area contributed by atoms with E-state index >= 15 is 0 Å². The minimum absolute atomic E-state index is 0.0252. The molecule has 1 aliphatic carbocycles. The maximum absolute atomic E-state index is 13.5. The molecule has 4 rings (SSSR count). The van der Waals surface area contributed by atoms with Gasteiger partial charge in [-0.05, 0) is 69.0 Å². The van der Waals surface area contributed by atoms with E-state index in [1.165, 1.54) is 16.9 Å². The minimum atomic E-state index is -0.723. The highest BCUT2D eigenvalue weighted by atomic mass is 16.2. The van der Waals surface area contributed by atoms with E-state index in [-0.39, 0.29) is 17.9 Å². The van der Waals surface area contributed by atoms with Crippen LogP contribution in [0.3, 0.4) is 0 Å². The molecule has 2 saturated heterocycles. The third kappa shape index (κ3) is 3.25. The van der Waals surface area contributed by atoms with Gasteiger partial charge < -0.3 is 10.6 Å². The average Bonchev–Trinajstić information content (AvgIpc) is 2.89. The van der Waals surface area contributed by atoms with Crippen LogP contribution in [0, 0.1) is 11.8 Å². The number of urea groups is 1. The third-order valence-electron chi connectivity index (χ3n) is 6.55. The fraction of sp³-hybridized carbons (Fsp3) is 0.619. The summed E-state index contributed by atoms with van der Waals surface area (Å²) in [5, 5.41) is 6.55. The normalized spacial score (nSPS) is 27.5. The zero-order valence-electron chi connectivity index (χ0n) is 15.4. The van der Waals surface area contributed by atoms with Gasteiger partial charge in [0.25, 0.3) is 5.91 Å². The Labute approximate surface area is 155 Å². The van der Waals surface area contributed by atoms with E-state index in [0.717, 1.165) is 45.2 Å². The molecule has 0 aromatic heterocycles. The van der Waals surface area contributed by atoms with Crippen molar-refractivity contribution in [2.45, 2.75) is 50.5 Å². The first-order valence-corrected chi connectivity index (χ1v) is 10.1. The molecule has 3 amide bonds. The summed E-state index contributed by atoms with van der Waals surface area (Å²) in [5.74, 6) is 0.746. The molecule has 1 aromatic rings. The van der Waals surface area contributed by atoms with Gasteiger partial charge in [-0.1, -0.05) is 36.8 Å². The lowest BCUT2D eigenvalue weighted by Crippen LogP contribution is -2.56. The Kier molecular flexibility index (Phi) is 4.98. The summed E-state index contributed by atoms with van der Waals surface area (Å²) in [6, 6.07) is 10.1. The first-order valence-electron chi connectivity index (χ1n) is 10.1. The van der Waals surface area contributed by atoms with E-state index in [9.17, 15) is 9.59 Å². The molecular formula is C21H29N3O2. The van der Waals surface area contributed by atoms with Crippen molar-refractivity contribution >= 4 is 11.9 Å². The zero-order valence-corrected chi connectivity index (χ0v) is 15.4. The number of aryl methyl sites for hydroxylation is 1. The number of imide groups is 1. The van der Waals surface area contributed by atoms with Gasteiger partial charge in [0, 0.05) is 6.54 Å². The summed E-state index contributed by atoms with van der Waals surface area (Å²) in [6.07, 6.45) is 6.89. The van der Waals surface area contributed by atoms with Crippen molar-refractivity contribution in [1.29, 1.82) is 0 Å². The standard InChI is InChI=1S/C21H29N3O2/c25-19-21(18-10-13-22-14-11-18,12-9-16-5-2-1-3-6-16)23-20(26)24(19)15-17-7-4-8-17/h1-3,5-6,17-18,22H,4,7-15H2,(H,23,26)/t21-/m0/s1. The first kappa shape index (κ1) is 17.5. The summed E-state index contributed by atoms with van der Waals surface area (Å²) in [5.41, 5.74) is 0.499. The highest BCUT2D eigenvalue weighted by Gasteiger charge is 2.55. The quantitative estimate of drug-likeness (QED) is 0.772. The SMILES string of the molecule is O=C1N[C@@](CCc2ccccc2)(C2CCNCC2)C(=O)N1CC1CCC1. The second-order valence-corrected chi connectivity index (χ2v) is 8.12. The molecule has 0 radical (unpaired) electrons. The predicted octanol–water partition coefficient (Wildman–Crippen LogP) is 2.71. The van der Waals surface area contributed by atoms with Gasteiger partial charge in [-0.15, -0.1) is 0 Å². The van der Waals surface area contributed by atoms with Crippen LogP contribution in [0.5, 0.6) is 0 Å². The second-order valence-electron chi connectivity index (χ2n) is 8.12. The Morgan fingerprint density at radius 2 is 1.77 bits per heavy atom. The molecule has 2 heterocycles. The predicted molar refractivity (Wildman–Crippen MR) is 101 cm³/mol. The molecule has 1 atom stereocenters. The number of nitrogens with zero attached hydrogens (tertiary/aromatic N) is 1. The fourth-order valence-electron chi connectivity index (χ4n) is 4.70. The Morgan fingerprint density at radius 3 is 2.42 bits per heavy atom. The van der Waals surface area contributed by atoms with E-state index in [2.05, 4.69) is 22.8 Å². The highest BCUT2D eigenvalue weighted by Crippen LogP contribution is 2.37. The van der Waals surface area contributed by atoms with Gasteiger partial charge in [0.05, 0.1) is 0 Å². The highest BCUT2D eigenvalue weighted by molar-refractivity contribution is 6.07. The number of benzene rings is 1. The van der Waals surface area contributed by atoms with Crippen LogP contribution in [0.4, 0.5) is 4.79 Å². The monoisotopic (exact) mass is 355 g/mol. The lowest BCUT2D eigenvalue weighted by Gasteiger charge is -2.38. The van der Waals surface area contributed by atoms with Crippen LogP contribution in [0.15, 0.2) is 30.3 Å². The molecule has 1 aromatic carbocycles. The van der Waals surface area contributed by atoms with E-state index < -0.39 is 5.54 Å². The van der Waals surface area contributed by atoms with Crippen molar-refractivity contribution in [3.63, 3.8) is 0 Å². The van der Waals surface area contributed by atoms with Gasteiger partial charge >= 0.3 is 6.03 Å². The van der Waals surface area contributed by atoms with E-state index in [1.54, 1.807) is 0 Å². The molecule has 5 heteroatoms. The van der Waals surface area contributed by atoms with Crippen LogP contribution in [0.25, 0.3) is 0 Å². The number of rotatable bonds is 6. The molecule has 0 bridgehead atoms. The van der Waals surface area contributed by atoms with E-state index in [0.29, 0.717) is 18.9 Å². The van der Waals surface area contributed by atoms with Gasteiger partial charge in [0.1, 0.15) is 5.54 Å². The van der Waals surface area contributed by atoms with Crippen molar-refractivity contribution in [2.24, 2.45) is 11.8 Å². The lowest BCUT2D eigenvalue weighted by molar-refractivity contribution is -0.134. The summed E-state index contributed by atoms with van der Waals surface area (Å²) in [7, 11) is 0. The van der Waals surface area contributed by atoms with Crippen LogP contribution in [0.2, 0.25) is 0 Å². The van der Waals surface area contributed by atoms with Crippen LogP contribution < -0.4 is 10.6 Å². The summed E-state index contributed by atoms with van der Waals surface area (Å²) < 4.78 is 0. The maximum atomic E-state index is 13.5. The van der Waals surface area contributed by atoms with E-state index in [1.807, 2.05) is 18.2 Å². The van der Waals surface area contributed by atoms with Crippen molar-refractivity contribution in [2.75, 3.05) is 19.6 Å². The van der Waals surface area contributed by atoms with Gasteiger partial charge in [0.15, 0.2) is 0 Å². The van der Waals surface area contributed by atoms with Crippen LogP contribution in [-0.2, 0) is 11.2 Å². The van der Waals surface area contributed by atoms with Gasteiger partial charge in [0.2, 0.25) is 0 Å². The number of hydrogen-bond donors (Lipinski definition) is 2. The number of carbonyl (C=O) groups excluding carboxylic acids is 2. The number of amides is 3. The molecule has 0 unspecified atom stereocenters.